The summed E-state index contributed by atoms with van der Waals surface area (Å²) in [7, 11) is 3.49. The lowest BCUT2D eigenvalue weighted by Crippen LogP contribution is -2.44. The minimum Gasteiger partial charge on any atom is -0.356 e. The number of guanidine groups is 1. The topological polar surface area (TPSA) is 56.7 Å². The van der Waals surface area contributed by atoms with Crippen LogP contribution in [0.4, 0.5) is 0 Å². The number of nitrogens with one attached hydrogen (secondary N) is 2. The predicted octanol–water partition coefficient (Wildman–Crippen LogP) is 2.74. The van der Waals surface area contributed by atoms with Crippen LogP contribution in [-0.4, -0.2) is 55.7 Å². The number of nitrogens with zero attached hydrogens (tertiary/aromatic N) is 2. The van der Waals surface area contributed by atoms with Crippen molar-refractivity contribution < 1.29 is 4.79 Å². The third-order valence-electron chi connectivity index (χ3n) is 3.63. The molecular formula is C18H27IN4OS. The van der Waals surface area contributed by atoms with Gasteiger partial charge < -0.3 is 15.5 Å². The van der Waals surface area contributed by atoms with Crippen LogP contribution in [0.25, 0.3) is 0 Å². The highest BCUT2D eigenvalue weighted by Gasteiger charge is 2.12. The van der Waals surface area contributed by atoms with E-state index >= 15 is 0 Å². The molecule has 0 radical (unpaired) electrons. The Bertz CT molecular complexity index is 570. The molecule has 2 N–H and O–H groups in total. The number of amides is 1. The first kappa shape index (κ1) is 21.8. The highest BCUT2D eigenvalue weighted by molar-refractivity contribution is 14.0. The number of rotatable bonds is 7. The van der Waals surface area contributed by atoms with E-state index in [1.54, 1.807) is 30.8 Å². The number of hydrogen-bond donors (Lipinski definition) is 2. The molecule has 1 amide bonds. The maximum atomic E-state index is 11.7. The summed E-state index contributed by atoms with van der Waals surface area (Å²) in [6, 6.07) is 10.7. The minimum absolute atomic E-state index is 0. The Morgan fingerprint density at radius 1 is 1.24 bits per heavy atom. The largest absolute Gasteiger partial charge is 0.356 e. The van der Waals surface area contributed by atoms with E-state index < -0.39 is 0 Å². The van der Waals surface area contributed by atoms with Crippen molar-refractivity contribution in [1.29, 1.82) is 0 Å². The average Bonchev–Trinajstić information content (AvgIpc) is 3.09. The number of hydrogen-bond acceptors (Lipinski definition) is 3. The van der Waals surface area contributed by atoms with Crippen LogP contribution in [0.2, 0.25) is 0 Å². The number of carbonyl (C=O) groups excluding carboxylic acids is 1. The van der Waals surface area contributed by atoms with Crippen molar-refractivity contribution in [3.63, 3.8) is 0 Å². The SMILES string of the molecule is CN(C)C(=O)CN=C(NCCSc1ccccc1)NC1CC=CC1.I. The van der Waals surface area contributed by atoms with Crippen LogP contribution in [0, 0.1) is 0 Å². The van der Waals surface area contributed by atoms with Crippen molar-refractivity contribution in [2.45, 2.75) is 23.8 Å². The Balaban J connectivity index is 0.00000312. The van der Waals surface area contributed by atoms with Gasteiger partial charge in [0.05, 0.1) is 0 Å². The molecule has 0 aliphatic heterocycles. The molecule has 1 aliphatic rings. The monoisotopic (exact) mass is 474 g/mol. The van der Waals surface area contributed by atoms with Crippen LogP contribution in [0.5, 0.6) is 0 Å². The minimum atomic E-state index is -0.000641. The molecule has 0 bridgehead atoms. The summed E-state index contributed by atoms with van der Waals surface area (Å²) in [5.41, 5.74) is 0. The molecule has 0 atom stereocenters. The smallest absolute Gasteiger partial charge is 0.243 e. The summed E-state index contributed by atoms with van der Waals surface area (Å²) < 4.78 is 0. The van der Waals surface area contributed by atoms with Gasteiger partial charge in [0.1, 0.15) is 6.54 Å². The number of likely N-dealkylation sites (N-methyl/N-ethyl adjacent to an activating group) is 1. The molecule has 0 saturated heterocycles. The van der Waals surface area contributed by atoms with Crippen molar-refractivity contribution in [2.75, 3.05) is 32.9 Å². The highest BCUT2D eigenvalue weighted by atomic mass is 127. The first-order chi connectivity index (χ1) is 11.6. The molecule has 0 heterocycles. The van der Waals surface area contributed by atoms with Gasteiger partial charge in [-0.1, -0.05) is 30.4 Å². The number of halogens is 1. The van der Waals surface area contributed by atoms with Crippen LogP contribution in [0.15, 0.2) is 52.4 Å². The number of benzene rings is 1. The third kappa shape index (κ3) is 8.62. The fourth-order valence-electron chi connectivity index (χ4n) is 2.22. The molecule has 1 aliphatic carbocycles. The maximum Gasteiger partial charge on any atom is 0.243 e. The lowest BCUT2D eigenvalue weighted by atomic mass is 10.2. The fourth-order valence-corrected chi connectivity index (χ4v) is 3.01. The second-order valence-electron chi connectivity index (χ2n) is 5.83. The molecule has 0 saturated carbocycles. The summed E-state index contributed by atoms with van der Waals surface area (Å²) >= 11 is 1.80. The van der Waals surface area contributed by atoms with E-state index in [1.807, 2.05) is 18.2 Å². The normalized spacial score (nSPS) is 14.1. The lowest BCUT2D eigenvalue weighted by Gasteiger charge is -2.18. The predicted molar refractivity (Wildman–Crippen MR) is 117 cm³/mol. The molecule has 7 heteroatoms. The lowest BCUT2D eigenvalue weighted by molar-refractivity contribution is -0.127. The van der Waals surface area contributed by atoms with Crippen LogP contribution in [0.1, 0.15) is 12.8 Å². The number of carbonyl (C=O) groups is 1. The molecular weight excluding hydrogens is 447 g/mol. The second-order valence-corrected chi connectivity index (χ2v) is 6.99. The maximum absolute atomic E-state index is 11.7. The Morgan fingerprint density at radius 2 is 1.92 bits per heavy atom. The van der Waals surface area contributed by atoms with E-state index in [1.165, 1.54) is 4.90 Å². The van der Waals surface area contributed by atoms with Gasteiger partial charge in [0.2, 0.25) is 5.91 Å². The van der Waals surface area contributed by atoms with E-state index in [9.17, 15) is 4.79 Å². The van der Waals surface area contributed by atoms with Crippen molar-refractivity contribution in [1.82, 2.24) is 15.5 Å². The third-order valence-corrected chi connectivity index (χ3v) is 4.64. The van der Waals surface area contributed by atoms with Gasteiger partial charge in [-0.3, -0.25) is 4.79 Å². The van der Waals surface area contributed by atoms with Gasteiger partial charge in [-0.2, -0.15) is 0 Å². The van der Waals surface area contributed by atoms with Crippen LogP contribution in [-0.2, 0) is 4.79 Å². The molecule has 0 unspecified atom stereocenters. The van der Waals surface area contributed by atoms with Gasteiger partial charge in [0.15, 0.2) is 5.96 Å². The van der Waals surface area contributed by atoms with Crippen LogP contribution >= 0.6 is 35.7 Å². The number of aliphatic imine (C=N–C) groups is 1. The summed E-state index contributed by atoms with van der Waals surface area (Å²) in [5.74, 6) is 1.65. The molecule has 0 aromatic heterocycles. The Hall–Kier alpha value is -1.22. The van der Waals surface area contributed by atoms with E-state index in [4.69, 9.17) is 0 Å². The highest BCUT2D eigenvalue weighted by Crippen LogP contribution is 2.15. The first-order valence-corrected chi connectivity index (χ1v) is 9.21. The zero-order chi connectivity index (χ0) is 17.2. The molecule has 138 valence electrons. The Kier molecular flexibility index (Phi) is 10.6. The molecule has 25 heavy (non-hydrogen) atoms. The summed E-state index contributed by atoms with van der Waals surface area (Å²) in [5, 5.41) is 6.74. The zero-order valence-corrected chi connectivity index (χ0v) is 17.9. The van der Waals surface area contributed by atoms with E-state index in [0.29, 0.717) is 12.0 Å². The van der Waals surface area contributed by atoms with Crippen molar-refractivity contribution in [3.05, 3.63) is 42.5 Å². The van der Waals surface area contributed by atoms with Gasteiger partial charge in [-0.15, -0.1) is 35.7 Å². The molecule has 5 nitrogen and oxygen atoms in total. The molecule has 0 spiro atoms. The standard InChI is InChI=1S/C18H26N4OS.HI/c1-22(2)17(23)14-20-18(21-15-8-6-7-9-15)19-12-13-24-16-10-4-3-5-11-16;/h3-7,10-11,15H,8-9,12-14H2,1-2H3,(H2,19,20,21);1H. The van der Waals surface area contributed by atoms with Gasteiger partial charge >= 0.3 is 0 Å². The molecule has 1 aromatic rings. The van der Waals surface area contributed by atoms with Gasteiger partial charge in [-0.25, -0.2) is 4.99 Å². The van der Waals surface area contributed by atoms with Crippen molar-refractivity contribution in [2.24, 2.45) is 4.99 Å². The first-order valence-electron chi connectivity index (χ1n) is 8.23. The van der Waals surface area contributed by atoms with E-state index in [2.05, 4.69) is 39.9 Å². The zero-order valence-electron chi connectivity index (χ0n) is 14.8. The average molecular weight is 474 g/mol. The number of thioether (sulfide) groups is 1. The van der Waals surface area contributed by atoms with Crippen LogP contribution < -0.4 is 10.6 Å². The molecule has 0 fully saturated rings. The van der Waals surface area contributed by atoms with Crippen LogP contribution in [0.3, 0.4) is 0 Å². The van der Waals surface area contributed by atoms with E-state index in [-0.39, 0.29) is 36.4 Å². The van der Waals surface area contributed by atoms with Crippen molar-refractivity contribution >= 4 is 47.6 Å². The van der Waals surface area contributed by atoms with Gasteiger partial charge in [0.25, 0.3) is 0 Å². The second kappa shape index (κ2) is 12.2. The summed E-state index contributed by atoms with van der Waals surface area (Å²) in [6.45, 7) is 0.954. The quantitative estimate of drug-likeness (QED) is 0.159. The Morgan fingerprint density at radius 3 is 2.56 bits per heavy atom. The summed E-state index contributed by atoms with van der Waals surface area (Å²) in [6.07, 6.45) is 6.35. The van der Waals surface area contributed by atoms with Crippen molar-refractivity contribution in [3.8, 4) is 0 Å². The Labute approximate surface area is 171 Å². The summed E-state index contributed by atoms with van der Waals surface area (Å²) in [4.78, 5) is 19.0. The molecule has 1 aromatic carbocycles. The molecule has 2 rings (SSSR count). The van der Waals surface area contributed by atoms with Gasteiger partial charge in [0, 0.05) is 37.3 Å². The fraction of sp³-hybridized carbons (Fsp3) is 0.444. The van der Waals surface area contributed by atoms with Gasteiger partial charge in [-0.05, 0) is 25.0 Å². The van der Waals surface area contributed by atoms with E-state index in [0.717, 1.165) is 25.1 Å².